The summed E-state index contributed by atoms with van der Waals surface area (Å²) in [6.07, 6.45) is -0.538. The van der Waals surface area contributed by atoms with Crippen molar-refractivity contribution in [3.8, 4) is 11.5 Å². The van der Waals surface area contributed by atoms with E-state index in [1.54, 1.807) is 19.1 Å². The molecule has 0 amide bonds. The minimum absolute atomic E-state index is 0.0296. The number of oxime groups is 1. The number of ether oxygens (including phenoxy) is 1. The Morgan fingerprint density at radius 2 is 2.11 bits per heavy atom. The van der Waals surface area contributed by atoms with Crippen LogP contribution in [0.1, 0.15) is 47.5 Å². The van der Waals surface area contributed by atoms with Gasteiger partial charge in [0.15, 0.2) is 11.6 Å². The van der Waals surface area contributed by atoms with E-state index in [0.717, 1.165) is 11.1 Å². The van der Waals surface area contributed by atoms with Crippen molar-refractivity contribution in [1.82, 2.24) is 4.98 Å². The monoisotopic (exact) mass is 388 g/mol. The quantitative estimate of drug-likeness (QED) is 0.738. The lowest BCUT2D eigenvalue weighted by atomic mass is 9.97. The van der Waals surface area contributed by atoms with Gasteiger partial charge < -0.3 is 19.8 Å². The molecule has 0 aliphatic carbocycles. The summed E-state index contributed by atoms with van der Waals surface area (Å²) in [4.78, 5) is 19.8. The normalized spacial score (nSPS) is 14.6. The molecule has 2 aromatic rings. The molecule has 2 N–H and O–H groups in total. The van der Waals surface area contributed by atoms with Gasteiger partial charge in [0.25, 0.3) is 0 Å². The van der Waals surface area contributed by atoms with E-state index in [-0.39, 0.29) is 30.2 Å². The van der Waals surface area contributed by atoms with E-state index in [0.29, 0.717) is 23.4 Å². The molecule has 1 aliphatic heterocycles. The van der Waals surface area contributed by atoms with Crippen molar-refractivity contribution in [2.24, 2.45) is 5.16 Å². The maximum Gasteiger partial charge on any atom is 0.340 e. The SMILES string of the molecule is Cc1cc(OCC2=NOC(=O)C2)c(F)c(C)c1Cc1ccc(O)c(C(C)O)n1. The highest BCUT2D eigenvalue weighted by Crippen LogP contribution is 2.30. The second-order valence-electron chi connectivity index (χ2n) is 6.76. The molecule has 0 fully saturated rings. The Bertz CT molecular complexity index is 956. The van der Waals surface area contributed by atoms with E-state index in [2.05, 4.69) is 15.0 Å². The van der Waals surface area contributed by atoms with Crippen LogP contribution in [0.3, 0.4) is 0 Å². The van der Waals surface area contributed by atoms with Gasteiger partial charge in [-0.3, -0.25) is 4.98 Å². The first-order valence-electron chi connectivity index (χ1n) is 8.80. The van der Waals surface area contributed by atoms with Crippen LogP contribution in [-0.2, 0) is 16.1 Å². The van der Waals surface area contributed by atoms with Gasteiger partial charge in [0, 0.05) is 12.1 Å². The Morgan fingerprint density at radius 3 is 2.75 bits per heavy atom. The van der Waals surface area contributed by atoms with Crippen LogP contribution < -0.4 is 4.74 Å². The van der Waals surface area contributed by atoms with Crippen molar-refractivity contribution in [1.29, 1.82) is 0 Å². The molecule has 1 atom stereocenters. The molecule has 3 rings (SSSR count). The van der Waals surface area contributed by atoms with Crippen LogP contribution in [0.15, 0.2) is 23.4 Å². The first kappa shape index (κ1) is 19.8. The first-order chi connectivity index (χ1) is 13.3. The maximum absolute atomic E-state index is 14.8. The second-order valence-corrected chi connectivity index (χ2v) is 6.76. The van der Waals surface area contributed by atoms with Gasteiger partial charge in [-0.25, -0.2) is 9.18 Å². The number of aromatic nitrogens is 1. The van der Waals surface area contributed by atoms with Crippen molar-refractivity contribution in [3.05, 3.63) is 52.1 Å². The zero-order valence-corrected chi connectivity index (χ0v) is 15.8. The van der Waals surface area contributed by atoms with E-state index in [4.69, 9.17) is 4.74 Å². The van der Waals surface area contributed by atoms with Gasteiger partial charge in [-0.15, -0.1) is 0 Å². The van der Waals surface area contributed by atoms with Crippen LogP contribution in [0.5, 0.6) is 11.5 Å². The topological polar surface area (TPSA) is 101 Å². The summed E-state index contributed by atoms with van der Waals surface area (Å²) in [6, 6.07) is 4.69. The van der Waals surface area contributed by atoms with Gasteiger partial charge in [-0.2, -0.15) is 0 Å². The van der Waals surface area contributed by atoms with Gasteiger partial charge in [-0.05, 0) is 55.7 Å². The fourth-order valence-electron chi connectivity index (χ4n) is 3.02. The molecule has 0 saturated carbocycles. The molecule has 1 unspecified atom stereocenters. The number of nitrogens with zero attached hydrogens (tertiary/aromatic N) is 2. The van der Waals surface area contributed by atoms with Gasteiger partial charge >= 0.3 is 5.97 Å². The first-order valence-corrected chi connectivity index (χ1v) is 8.80. The van der Waals surface area contributed by atoms with Gasteiger partial charge in [-0.1, -0.05) is 5.16 Å². The summed E-state index contributed by atoms with van der Waals surface area (Å²) >= 11 is 0. The van der Waals surface area contributed by atoms with Crippen molar-refractivity contribution >= 4 is 11.7 Å². The van der Waals surface area contributed by atoms with E-state index >= 15 is 0 Å². The fraction of sp³-hybridized carbons (Fsp3) is 0.350. The van der Waals surface area contributed by atoms with Gasteiger partial charge in [0.05, 0.1) is 12.5 Å². The average Bonchev–Trinajstić information content (AvgIpc) is 3.07. The number of aryl methyl sites for hydroxylation is 1. The summed E-state index contributed by atoms with van der Waals surface area (Å²) in [5.74, 6) is -0.968. The van der Waals surface area contributed by atoms with E-state index < -0.39 is 17.9 Å². The lowest BCUT2D eigenvalue weighted by Gasteiger charge is -2.16. The number of aliphatic hydroxyl groups excluding tert-OH is 1. The smallest absolute Gasteiger partial charge is 0.340 e. The minimum atomic E-state index is -0.913. The number of carbonyl (C=O) groups is 1. The van der Waals surface area contributed by atoms with Crippen LogP contribution in [0, 0.1) is 19.7 Å². The summed E-state index contributed by atoms with van der Waals surface area (Å²) in [5, 5.41) is 23.1. The third-order valence-corrected chi connectivity index (χ3v) is 4.55. The average molecular weight is 388 g/mol. The molecule has 1 aliphatic rings. The standard InChI is InChI=1S/C20H21FN2O5/c1-10-6-17(27-9-14-8-18(26)28-23-14)19(21)11(2)15(10)7-13-4-5-16(25)20(22-13)12(3)24/h4-6,12,24-25H,7-9H2,1-3H3. The Morgan fingerprint density at radius 1 is 1.36 bits per heavy atom. The number of rotatable bonds is 6. The predicted octanol–water partition coefficient (Wildman–Crippen LogP) is 2.87. The molecular formula is C20H21FN2O5. The second kappa shape index (κ2) is 7.93. The highest BCUT2D eigenvalue weighted by atomic mass is 19.1. The number of hydrogen-bond acceptors (Lipinski definition) is 7. The molecule has 8 heteroatoms. The molecule has 28 heavy (non-hydrogen) atoms. The maximum atomic E-state index is 14.8. The van der Waals surface area contributed by atoms with Crippen LogP contribution in [-0.4, -0.2) is 33.5 Å². The van der Waals surface area contributed by atoms with Crippen molar-refractivity contribution in [2.45, 2.75) is 39.7 Å². The van der Waals surface area contributed by atoms with E-state index in [1.165, 1.54) is 13.0 Å². The molecule has 148 valence electrons. The van der Waals surface area contributed by atoms with Crippen molar-refractivity contribution in [3.63, 3.8) is 0 Å². The van der Waals surface area contributed by atoms with Crippen molar-refractivity contribution < 1.29 is 29.0 Å². The summed E-state index contributed by atoms with van der Waals surface area (Å²) < 4.78 is 20.3. The number of benzene rings is 1. The number of carbonyl (C=O) groups excluding carboxylic acids is 1. The van der Waals surface area contributed by atoms with Gasteiger partial charge in [0.1, 0.15) is 23.8 Å². The molecule has 2 heterocycles. The summed E-state index contributed by atoms with van der Waals surface area (Å²) in [7, 11) is 0. The molecule has 7 nitrogen and oxygen atoms in total. The predicted molar refractivity (Wildman–Crippen MR) is 98.9 cm³/mol. The Kier molecular flexibility index (Phi) is 5.60. The highest BCUT2D eigenvalue weighted by molar-refractivity contribution is 6.02. The fourth-order valence-corrected chi connectivity index (χ4v) is 3.02. The zero-order chi connectivity index (χ0) is 20.4. The van der Waals surface area contributed by atoms with Crippen LogP contribution in [0.2, 0.25) is 0 Å². The molecule has 1 aromatic heterocycles. The third-order valence-electron chi connectivity index (χ3n) is 4.55. The molecule has 0 bridgehead atoms. The minimum Gasteiger partial charge on any atom is -0.506 e. The number of pyridine rings is 1. The zero-order valence-electron chi connectivity index (χ0n) is 15.8. The molecule has 0 radical (unpaired) electrons. The van der Waals surface area contributed by atoms with Crippen LogP contribution in [0.4, 0.5) is 4.39 Å². The molecule has 0 saturated heterocycles. The number of halogens is 1. The van der Waals surface area contributed by atoms with E-state index in [9.17, 15) is 19.4 Å². The number of hydrogen-bond donors (Lipinski definition) is 2. The molecule has 0 spiro atoms. The van der Waals surface area contributed by atoms with Crippen LogP contribution in [0.25, 0.3) is 0 Å². The Labute approximate surface area is 161 Å². The Balaban J connectivity index is 1.82. The van der Waals surface area contributed by atoms with Crippen molar-refractivity contribution in [2.75, 3.05) is 6.61 Å². The van der Waals surface area contributed by atoms with Crippen LogP contribution >= 0.6 is 0 Å². The largest absolute Gasteiger partial charge is 0.506 e. The summed E-state index contributed by atoms with van der Waals surface area (Å²) in [6.45, 7) is 4.98. The number of aromatic hydroxyl groups is 1. The van der Waals surface area contributed by atoms with E-state index in [1.807, 2.05) is 6.92 Å². The third kappa shape index (κ3) is 4.12. The highest BCUT2D eigenvalue weighted by Gasteiger charge is 2.20. The Hall–Kier alpha value is -3.00. The molecular weight excluding hydrogens is 367 g/mol. The lowest BCUT2D eigenvalue weighted by Crippen LogP contribution is -2.12. The van der Waals surface area contributed by atoms with Gasteiger partial charge in [0.2, 0.25) is 0 Å². The number of aliphatic hydroxyl groups is 1. The lowest BCUT2D eigenvalue weighted by molar-refractivity contribution is -0.140. The summed E-state index contributed by atoms with van der Waals surface area (Å²) in [5.41, 5.74) is 3.16. The molecule has 1 aromatic carbocycles.